The molecule has 0 radical (unpaired) electrons. The summed E-state index contributed by atoms with van der Waals surface area (Å²) in [6.45, 7) is 8.88. The number of nitrogens with zero attached hydrogens (tertiary/aromatic N) is 1. The fourth-order valence-electron chi connectivity index (χ4n) is 9.12. The van der Waals surface area contributed by atoms with Crippen molar-refractivity contribution in [3.63, 3.8) is 0 Å². The van der Waals surface area contributed by atoms with E-state index >= 15 is 0 Å². The Kier molecular flexibility index (Phi) is 9.07. The second kappa shape index (κ2) is 14.6. The van der Waals surface area contributed by atoms with Crippen LogP contribution in [0.15, 0.2) is 178 Å². The van der Waals surface area contributed by atoms with Gasteiger partial charge in [0.1, 0.15) is 11.2 Å². The van der Waals surface area contributed by atoms with Gasteiger partial charge in [-0.1, -0.05) is 158 Å². The lowest BCUT2D eigenvalue weighted by Crippen LogP contribution is -2.32. The molecule has 1 N–H and O–H groups in total. The summed E-state index contributed by atoms with van der Waals surface area (Å²) < 4.78 is 16.5. The van der Waals surface area contributed by atoms with Gasteiger partial charge in [-0.3, -0.25) is 0 Å². The number of hydrogen-bond acceptors (Lipinski definition) is 4. The Morgan fingerprint density at radius 2 is 0.842 bits per heavy atom. The third kappa shape index (κ3) is 6.08. The van der Waals surface area contributed by atoms with Crippen molar-refractivity contribution < 1.29 is 8.39 Å². The van der Waals surface area contributed by atoms with Crippen LogP contribution < -0.4 is 9.99 Å². The van der Waals surface area contributed by atoms with Crippen molar-refractivity contribution in [2.24, 2.45) is 0 Å². The molecule has 4 nitrogen and oxygen atoms in total. The van der Waals surface area contributed by atoms with Gasteiger partial charge in [0.25, 0.3) is 0 Å². The molecule has 1 aromatic heterocycles. The van der Waals surface area contributed by atoms with Gasteiger partial charge in [0, 0.05) is 22.9 Å². The quantitative estimate of drug-likeness (QED) is 0.190. The molecule has 2 aliphatic carbocycles. The van der Waals surface area contributed by atoms with Crippen LogP contribution in [0.5, 0.6) is 0 Å². The van der Waals surface area contributed by atoms with E-state index in [1.54, 1.807) is 0 Å². The summed E-state index contributed by atoms with van der Waals surface area (Å²) in [5.74, 6) is 0. The zero-order chi connectivity index (χ0) is 38.6. The van der Waals surface area contributed by atoms with E-state index in [-0.39, 0.29) is 12.1 Å². The first-order valence-electron chi connectivity index (χ1n) is 20.1. The predicted molar refractivity (Wildman–Crippen MR) is 240 cm³/mol. The topological polar surface area (TPSA) is 41.6 Å². The van der Waals surface area contributed by atoms with E-state index in [0.29, 0.717) is 12.1 Å². The highest BCUT2D eigenvalue weighted by molar-refractivity contribution is 7.39. The maximum atomic E-state index is 7.03. The van der Waals surface area contributed by atoms with Crippen molar-refractivity contribution in [3.8, 4) is 22.3 Å². The molecule has 0 amide bonds. The predicted octanol–water partition coefficient (Wildman–Crippen LogP) is 14.5. The number of benzene rings is 8. The van der Waals surface area contributed by atoms with Crippen LogP contribution in [-0.4, -0.2) is 12.1 Å². The molecule has 9 aromatic rings. The number of rotatable bonds is 5. The van der Waals surface area contributed by atoms with Crippen molar-refractivity contribution >= 4 is 51.6 Å². The van der Waals surface area contributed by atoms with Crippen LogP contribution in [-0.2, 0) is 0 Å². The molecule has 0 atom stereocenters. The van der Waals surface area contributed by atoms with E-state index in [4.69, 9.17) is 8.39 Å². The minimum absolute atomic E-state index is 0.0319. The van der Waals surface area contributed by atoms with Gasteiger partial charge >= 0.3 is 8.16 Å². The molecule has 0 saturated carbocycles. The fourth-order valence-corrected chi connectivity index (χ4v) is 10.8. The van der Waals surface area contributed by atoms with Crippen LogP contribution in [0.4, 0.5) is 0 Å². The van der Waals surface area contributed by atoms with Gasteiger partial charge in [0.2, 0.25) is 0 Å². The third-order valence-electron chi connectivity index (χ3n) is 11.5. The molecule has 280 valence electrons. The van der Waals surface area contributed by atoms with E-state index in [2.05, 4.69) is 208 Å². The van der Waals surface area contributed by atoms with E-state index in [0.717, 1.165) is 21.9 Å². The molecule has 8 aromatic carbocycles. The summed E-state index contributed by atoms with van der Waals surface area (Å²) in [7, 11) is -1.51. The van der Waals surface area contributed by atoms with E-state index in [1.165, 1.54) is 66.1 Å². The molecule has 0 unspecified atom stereocenters. The summed E-state index contributed by atoms with van der Waals surface area (Å²) in [4.78, 5) is 0. The Balaban J connectivity index is 0.000000194. The zero-order valence-electron chi connectivity index (χ0n) is 32.7. The van der Waals surface area contributed by atoms with Crippen LogP contribution in [0.25, 0.3) is 65.7 Å². The second-order valence-electron chi connectivity index (χ2n) is 15.7. The summed E-state index contributed by atoms with van der Waals surface area (Å²) in [5, 5.41) is 10.6. The summed E-state index contributed by atoms with van der Waals surface area (Å²) in [6, 6.07) is 61.6. The molecule has 57 heavy (non-hydrogen) atoms. The Hall–Kier alpha value is -5.90. The number of fused-ring (bicyclic) bond motifs is 13. The van der Waals surface area contributed by atoms with Crippen molar-refractivity contribution in [1.29, 1.82) is 0 Å². The van der Waals surface area contributed by atoms with Gasteiger partial charge in [0.05, 0.1) is 12.1 Å². The Bertz CT molecular complexity index is 2810. The molecule has 5 heteroatoms. The first-order valence-corrected chi connectivity index (χ1v) is 21.2. The molecule has 0 saturated heterocycles. The highest BCUT2D eigenvalue weighted by atomic mass is 31.1. The maximum Gasteiger partial charge on any atom is 0.310 e. The molecular formula is C52H45N2O2P. The average Bonchev–Trinajstić information content (AvgIpc) is 3.66. The third-order valence-corrected chi connectivity index (χ3v) is 13.3. The standard InChI is InChI=1S/C36H28NO2P.C16H17N/c1-23(2)37(36-30-17-9-7-15-28(30)29-16-8-10-18-31(29)36)40-38-32-21-19-24-11-3-5-13-26(24)34(32)35-27-14-6-4-12-25(27)20-22-33(35)39-40;1-11(2)17-16-14-9-5-3-7-12(14)13-8-4-6-10-15(13)16/h3-23,36H,1-2H3;3-11,16-17H,1-2H3. The van der Waals surface area contributed by atoms with E-state index < -0.39 is 8.16 Å². The van der Waals surface area contributed by atoms with Gasteiger partial charge in [0.15, 0.2) is 0 Å². The monoisotopic (exact) mass is 760 g/mol. The van der Waals surface area contributed by atoms with Gasteiger partial charge in [-0.2, -0.15) is 4.67 Å². The molecule has 0 aliphatic heterocycles. The molecular weight excluding hydrogens is 716 g/mol. The largest absolute Gasteiger partial charge is 0.408 e. The van der Waals surface area contributed by atoms with Crippen LogP contribution in [0.1, 0.15) is 62.0 Å². The lowest BCUT2D eigenvalue weighted by atomic mass is 9.99. The lowest BCUT2D eigenvalue weighted by Gasteiger charge is -2.30. The Morgan fingerprint density at radius 1 is 0.456 bits per heavy atom. The van der Waals surface area contributed by atoms with Gasteiger partial charge in [-0.25, -0.2) is 0 Å². The molecule has 0 bridgehead atoms. The first kappa shape index (κ1) is 35.5. The zero-order valence-corrected chi connectivity index (χ0v) is 33.6. The molecule has 11 rings (SSSR count). The maximum absolute atomic E-state index is 7.03. The molecule has 2 aliphatic rings. The van der Waals surface area contributed by atoms with Crippen molar-refractivity contribution in [3.05, 3.63) is 192 Å². The Labute approximate surface area is 335 Å². The second-order valence-corrected chi connectivity index (χ2v) is 17.0. The number of nitrogens with one attached hydrogen (secondary N) is 1. The fraction of sp³-hybridized carbons (Fsp3) is 0.154. The highest BCUT2D eigenvalue weighted by Gasteiger charge is 2.37. The normalized spacial score (nSPS) is 13.3. The number of hydrogen-bond donors (Lipinski definition) is 1. The van der Waals surface area contributed by atoms with E-state index in [9.17, 15) is 0 Å². The van der Waals surface area contributed by atoms with Crippen molar-refractivity contribution in [2.75, 3.05) is 4.67 Å². The smallest absolute Gasteiger partial charge is 0.310 e. The summed E-state index contributed by atoms with van der Waals surface area (Å²) in [6.07, 6.45) is 0. The molecule has 1 heterocycles. The van der Waals surface area contributed by atoms with Gasteiger partial charge in [-0.05, 0) is 106 Å². The lowest BCUT2D eigenvalue weighted by molar-refractivity contribution is 0.535. The molecule has 0 fully saturated rings. The van der Waals surface area contributed by atoms with Gasteiger partial charge < -0.3 is 13.7 Å². The first-order chi connectivity index (χ1) is 28.0. The minimum Gasteiger partial charge on any atom is -0.408 e. The Morgan fingerprint density at radius 3 is 1.28 bits per heavy atom. The van der Waals surface area contributed by atoms with Crippen molar-refractivity contribution in [1.82, 2.24) is 5.32 Å². The molecule has 0 spiro atoms. The van der Waals surface area contributed by atoms with Crippen LogP contribution in [0, 0.1) is 0 Å². The summed E-state index contributed by atoms with van der Waals surface area (Å²) >= 11 is 0. The van der Waals surface area contributed by atoms with Crippen LogP contribution in [0.2, 0.25) is 0 Å². The van der Waals surface area contributed by atoms with Crippen molar-refractivity contribution in [2.45, 2.75) is 51.9 Å². The highest BCUT2D eigenvalue weighted by Crippen LogP contribution is 2.52. The minimum atomic E-state index is -1.51. The SMILES string of the molecule is CC(C)N(C1c2ccccc2-c2ccccc21)p1oc2ccc3ccccc3c2c2c(ccc3ccccc32)o1.CC(C)NC1c2ccccc2-c2ccccc21. The summed E-state index contributed by atoms with van der Waals surface area (Å²) in [5.41, 5.74) is 12.5. The average molecular weight is 761 g/mol. The van der Waals surface area contributed by atoms with Crippen LogP contribution in [0.3, 0.4) is 0 Å². The van der Waals surface area contributed by atoms with Crippen LogP contribution >= 0.6 is 8.16 Å². The van der Waals surface area contributed by atoms with E-state index in [1.807, 2.05) is 0 Å². The van der Waals surface area contributed by atoms with Gasteiger partial charge in [-0.15, -0.1) is 0 Å².